The predicted octanol–water partition coefficient (Wildman–Crippen LogP) is 5.52. The molecular formula is C38H41N6O5PSi. The first kappa shape index (κ1) is 33.0. The van der Waals surface area contributed by atoms with Crippen LogP contribution in [0.3, 0.4) is 0 Å². The molecule has 0 radical (unpaired) electrons. The molecule has 9 rings (SSSR count). The summed E-state index contributed by atoms with van der Waals surface area (Å²) in [6, 6.07) is 32.3. The fourth-order valence-corrected chi connectivity index (χ4v) is 14.4. The molecule has 262 valence electrons. The van der Waals surface area contributed by atoms with Crippen LogP contribution in [0.15, 0.2) is 104 Å². The van der Waals surface area contributed by atoms with E-state index in [9.17, 15) is 4.79 Å². The molecule has 13 heteroatoms. The Morgan fingerprint density at radius 3 is 2.41 bits per heavy atom. The van der Waals surface area contributed by atoms with Crippen molar-refractivity contribution < 1.29 is 23.3 Å². The van der Waals surface area contributed by atoms with E-state index >= 15 is 0 Å². The number of carbonyl (C=O) groups is 1. The van der Waals surface area contributed by atoms with E-state index in [1.54, 1.807) is 18.5 Å². The molecule has 11 nitrogen and oxygen atoms in total. The summed E-state index contributed by atoms with van der Waals surface area (Å²) < 4.78 is 31.9. The van der Waals surface area contributed by atoms with Crippen molar-refractivity contribution in [2.45, 2.75) is 75.0 Å². The Hall–Kier alpha value is -3.87. The van der Waals surface area contributed by atoms with Crippen LogP contribution in [0.5, 0.6) is 0 Å². The minimum atomic E-state index is -2.14. The molecule has 3 aromatic carbocycles. The molecular weight excluding hydrogens is 680 g/mol. The van der Waals surface area contributed by atoms with Crippen molar-refractivity contribution in [1.82, 2.24) is 24.2 Å². The van der Waals surface area contributed by atoms with Crippen LogP contribution in [0.25, 0.3) is 11.2 Å². The van der Waals surface area contributed by atoms with E-state index < -0.39 is 28.4 Å². The SMILES string of the molecule is CC[C@]12CO[C@@H](C1O[P@@]1O[C@H](C[Si](C)(c3ccccc3)c3ccccc3)[C@@H]3CCCN31)[C@H](n1cnc3c(NC(=O)c4ccccc4)ncnc31)O2. The fourth-order valence-electron chi connectivity index (χ4n) is 8.38. The van der Waals surface area contributed by atoms with E-state index in [4.69, 9.17) is 18.5 Å². The molecule has 4 fully saturated rings. The number of nitrogens with one attached hydrogen (secondary N) is 1. The van der Waals surface area contributed by atoms with Gasteiger partial charge in [0.15, 0.2) is 23.2 Å². The highest BCUT2D eigenvalue weighted by molar-refractivity contribution is 7.45. The lowest BCUT2D eigenvalue weighted by atomic mass is 9.96. The maximum Gasteiger partial charge on any atom is 0.259 e. The van der Waals surface area contributed by atoms with Gasteiger partial charge in [-0.3, -0.25) is 9.36 Å². The smallest absolute Gasteiger partial charge is 0.259 e. The summed E-state index contributed by atoms with van der Waals surface area (Å²) in [7, 11) is -3.47. The summed E-state index contributed by atoms with van der Waals surface area (Å²) in [4.78, 5) is 26.5. The first-order valence-corrected chi connectivity index (χ1v) is 21.7. The summed E-state index contributed by atoms with van der Waals surface area (Å²) in [5.74, 6) is 0.0705. The Morgan fingerprint density at radius 1 is 1.00 bits per heavy atom. The highest BCUT2D eigenvalue weighted by Crippen LogP contribution is 2.61. The Morgan fingerprint density at radius 2 is 1.71 bits per heavy atom. The number of carbonyl (C=O) groups excluding carboxylic acids is 1. The number of nitrogens with zero attached hydrogens (tertiary/aromatic N) is 5. The van der Waals surface area contributed by atoms with Crippen LogP contribution < -0.4 is 15.7 Å². The van der Waals surface area contributed by atoms with E-state index in [-0.39, 0.29) is 24.2 Å². The predicted molar refractivity (Wildman–Crippen MR) is 198 cm³/mol. The maximum absolute atomic E-state index is 13.0. The minimum absolute atomic E-state index is 0.0729. The van der Waals surface area contributed by atoms with Gasteiger partial charge in [0.2, 0.25) is 0 Å². The first-order valence-electron chi connectivity index (χ1n) is 17.8. The maximum atomic E-state index is 13.0. The number of hydrogen-bond acceptors (Lipinski definition) is 9. The quantitative estimate of drug-likeness (QED) is 0.147. The first-order chi connectivity index (χ1) is 25.0. The van der Waals surface area contributed by atoms with Crippen molar-refractivity contribution in [3.8, 4) is 0 Å². The molecule has 2 aromatic heterocycles. The van der Waals surface area contributed by atoms with Crippen LogP contribution in [-0.2, 0) is 18.5 Å². The molecule has 0 aliphatic carbocycles. The van der Waals surface area contributed by atoms with Crippen LogP contribution in [0.2, 0.25) is 12.6 Å². The van der Waals surface area contributed by atoms with Gasteiger partial charge in [0.25, 0.3) is 14.4 Å². The lowest BCUT2D eigenvalue weighted by molar-refractivity contribution is -0.172. The number of rotatable bonds is 10. The number of imidazole rings is 1. The summed E-state index contributed by atoms with van der Waals surface area (Å²) in [6.07, 6.45) is 4.91. The molecule has 6 heterocycles. The van der Waals surface area contributed by atoms with Crippen molar-refractivity contribution in [3.05, 3.63) is 109 Å². The third kappa shape index (κ3) is 5.65. The van der Waals surface area contributed by atoms with Gasteiger partial charge in [0.1, 0.15) is 32.2 Å². The van der Waals surface area contributed by atoms with E-state index in [0.29, 0.717) is 41.6 Å². The molecule has 5 aromatic rings. The lowest BCUT2D eigenvalue weighted by Crippen LogP contribution is -2.58. The monoisotopic (exact) mass is 720 g/mol. The zero-order chi connectivity index (χ0) is 34.6. The number of hydrogen-bond donors (Lipinski definition) is 1. The number of fused-ring (bicyclic) bond motifs is 4. The van der Waals surface area contributed by atoms with Gasteiger partial charge >= 0.3 is 0 Å². The van der Waals surface area contributed by atoms with Gasteiger partial charge in [-0.25, -0.2) is 19.6 Å². The van der Waals surface area contributed by atoms with Crippen LogP contribution in [0.1, 0.15) is 42.8 Å². The van der Waals surface area contributed by atoms with E-state index in [2.05, 4.69) is 99.1 Å². The number of ether oxygens (including phenoxy) is 2. The topological polar surface area (TPSA) is 113 Å². The standard InChI is InChI=1S/C38H41N6O5PSi/c1-3-38-23-46-32(37(47-38)43-25-41-31-34(39-24-40-35(31)43)42-36(45)26-14-7-4-8-15-26)33(38)49-50-44-21-13-20-29(44)30(48-50)22-51(2,27-16-9-5-10-17-27)28-18-11-6-12-19-28/h4-12,14-19,24-25,29-30,32-33,37H,3,13,20-23H2,1-2H3,(H,39,40,42,45)/t29-,30+,32-,33?,37+,38-,50+/m0/s1. The van der Waals surface area contributed by atoms with Crippen LogP contribution >= 0.6 is 8.53 Å². The second-order valence-corrected chi connectivity index (χ2v) is 19.8. The van der Waals surface area contributed by atoms with Gasteiger partial charge < -0.3 is 23.8 Å². The zero-order valence-electron chi connectivity index (χ0n) is 28.7. The number of aromatic nitrogens is 4. The number of benzene rings is 3. The van der Waals surface area contributed by atoms with Gasteiger partial charge in [-0.2, -0.15) is 0 Å². The molecule has 4 aliphatic rings. The summed E-state index contributed by atoms with van der Waals surface area (Å²) in [6.45, 7) is 6.01. The molecule has 4 aliphatic heterocycles. The van der Waals surface area contributed by atoms with Gasteiger partial charge in [-0.05, 0) is 37.4 Å². The third-order valence-electron chi connectivity index (χ3n) is 11.2. The normalized spacial score (nSPS) is 28.7. The number of amides is 1. The molecule has 0 saturated carbocycles. The molecule has 1 unspecified atom stereocenters. The molecule has 4 saturated heterocycles. The van der Waals surface area contributed by atoms with E-state index in [1.807, 2.05) is 22.8 Å². The molecule has 1 amide bonds. The van der Waals surface area contributed by atoms with Gasteiger partial charge in [0.05, 0.1) is 19.0 Å². The highest BCUT2D eigenvalue weighted by atomic mass is 31.2. The summed E-state index contributed by atoms with van der Waals surface area (Å²) in [5, 5.41) is 5.74. The Bertz CT molecular complexity index is 1990. The van der Waals surface area contributed by atoms with Crippen molar-refractivity contribution >= 4 is 49.9 Å². The fraction of sp³-hybridized carbons (Fsp3) is 0.368. The molecule has 0 spiro atoms. The summed E-state index contributed by atoms with van der Waals surface area (Å²) in [5.41, 5.74) is 0.920. The average molecular weight is 721 g/mol. The van der Waals surface area contributed by atoms with Crippen molar-refractivity contribution in [1.29, 1.82) is 0 Å². The molecule has 7 atom stereocenters. The van der Waals surface area contributed by atoms with Gasteiger partial charge in [0, 0.05) is 18.2 Å². The second-order valence-electron chi connectivity index (χ2n) is 14.1. The third-order valence-corrected chi connectivity index (χ3v) is 17.5. The number of anilines is 1. The van der Waals surface area contributed by atoms with Crippen molar-refractivity contribution in [2.24, 2.45) is 0 Å². The van der Waals surface area contributed by atoms with Crippen molar-refractivity contribution in [2.75, 3.05) is 18.5 Å². The Kier molecular flexibility index (Phi) is 8.59. The van der Waals surface area contributed by atoms with Crippen molar-refractivity contribution in [3.63, 3.8) is 0 Å². The van der Waals surface area contributed by atoms with Crippen LogP contribution in [-0.4, -0.2) is 81.3 Å². The van der Waals surface area contributed by atoms with Crippen LogP contribution in [0, 0.1) is 0 Å². The molecule has 51 heavy (non-hydrogen) atoms. The van der Waals surface area contributed by atoms with E-state index in [1.165, 1.54) is 16.7 Å². The minimum Gasteiger partial charge on any atom is -0.368 e. The van der Waals surface area contributed by atoms with Crippen LogP contribution in [0.4, 0.5) is 5.82 Å². The summed E-state index contributed by atoms with van der Waals surface area (Å²) >= 11 is 0. The zero-order valence-corrected chi connectivity index (χ0v) is 30.6. The second kappa shape index (κ2) is 13.3. The lowest BCUT2D eigenvalue weighted by Gasteiger charge is -2.32. The average Bonchev–Trinajstić information content (AvgIpc) is 4.01. The van der Waals surface area contributed by atoms with E-state index in [0.717, 1.165) is 25.4 Å². The highest BCUT2D eigenvalue weighted by Gasteiger charge is 2.64. The van der Waals surface area contributed by atoms with Gasteiger partial charge in [-0.1, -0.05) is 103 Å². The molecule has 2 bridgehead atoms. The Balaban J connectivity index is 0.970. The largest absolute Gasteiger partial charge is 0.368 e. The molecule has 1 N–H and O–H groups in total. The van der Waals surface area contributed by atoms with Gasteiger partial charge in [-0.15, -0.1) is 0 Å². The Labute approximate surface area is 299 Å².